The summed E-state index contributed by atoms with van der Waals surface area (Å²) in [5, 5.41) is 11.4. The Balaban J connectivity index is 2.98. The number of carbonyl (C=O) groups excluding carboxylic acids is 1. The molecule has 1 amide bonds. The molecule has 0 aromatic heterocycles. The molecule has 0 aliphatic heterocycles. The zero-order valence-electron chi connectivity index (χ0n) is 10.8. The number of benzene rings is 1. The normalized spacial score (nSPS) is 14.0. The number of carbonyl (C=O) groups is 1. The van der Waals surface area contributed by atoms with Crippen LogP contribution >= 0.6 is 0 Å². The van der Waals surface area contributed by atoms with Gasteiger partial charge in [-0.15, -0.1) is 0 Å². The fourth-order valence-corrected chi connectivity index (χ4v) is 1.61. The molecule has 1 atom stereocenters. The molecule has 0 saturated heterocycles. The van der Waals surface area contributed by atoms with Gasteiger partial charge in [-0.1, -0.05) is 6.92 Å². The Kier molecular flexibility index (Phi) is 4.94. The number of nitrogens with one attached hydrogen (secondary N) is 1. The summed E-state index contributed by atoms with van der Waals surface area (Å²) in [7, 11) is 0. The first-order chi connectivity index (χ1) is 8.83. The minimum atomic E-state index is -1.34. The van der Waals surface area contributed by atoms with Gasteiger partial charge in [-0.25, -0.2) is 13.2 Å². The third-order valence-corrected chi connectivity index (χ3v) is 3.11. The molecule has 0 radical (unpaired) electrons. The van der Waals surface area contributed by atoms with Crippen molar-refractivity contribution < 1.29 is 23.1 Å². The number of halogens is 3. The van der Waals surface area contributed by atoms with Crippen molar-refractivity contribution in [3.8, 4) is 0 Å². The Morgan fingerprint density at radius 3 is 2.37 bits per heavy atom. The van der Waals surface area contributed by atoms with Crippen LogP contribution in [0.15, 0.2) is 12.1 Å². The van der Waals surface area contributed by atoms with E-state index < -0.39 is 34.5 Å². The lowest BCUT2D eigenvalue weighted by molar-refractivity contribution is 0.0881. The third kappa shape index (κ3) is 3.70. The van der Waals surface area contributed by atoms with Gasteiger partial charge in [0.05, 0.1) is 5.56 Å². The first kappa shape index (κ1) is 15.5. The molecule has 19 heavy (non-hydrogen) atoms. The standard InChI is InChI=1S/C13H16F3NO2/c1-3-13(2,4-5-18)17-12(19)8-6-10(15)11(16)7-9(8)14/h6-7,18H,3-5H2,1-2H3,(H,17,19). The van der Waals surface area contributed by atoms with Gasteiger partial charge in [0.15, 0.2) is 11.6 Å². The van der Waals surface area contributed by atoms with Crippen molar-refractivity contribution in [2.45, 2.75) is 32.2 Å². The molecule has 0 saturated carbocycles. The molecular formula is C13H16F3NO2. The SMILES string of the molecule is CCC(C)(CCO)NC(=O)c1cc(F)c(F)cc1F. The third-order valence-electron chi connectivity index (χ3n) is 3.11. The van der Waals surface area contributed by atoms with Crippen molar-refractivity contribution in [3.63, 3.8) is 0 Å². The lowest BCUT2D eigenvalue weighted by Gasteiger charge is -2.29. The fraction of sp³-hybridized carbons (Fsp3) is 0.462. The van der Waals surface area contributed by atoms with E-state index in [2.05, 4.69) is 5.32 Å². The van der Waals surface area contributed by atoms with Crippen LogP contribution in [0.4, 0.5) is 13.2 Å². The molecule has 2 N–H and O–H groups in total. The van der Waals surface area contributed by atoms with Gasteiger partial charge in [0, 0.05) is 18.2 Å². The maximum absolute atomic E-state index is 13.4. The van der Waals surface area contributed by atoms with E-state index in [9.17, 15) is 18.0 Å². The fourth-order valence-electron chi connectivity index (χ4n) is 1.61. The van der Waals surface area contributed by atoms with Crippen molar-refractivity contribution in [1.29, 1.82) is 0 Å². The second-order valence-corrected chi connectivity index (χ2v) is 4.59. The van der Waals surface area contributed by atoms with E-state index in [4.69, 9.17) is 5.11 Å². The van der Waals surface area contributed by atoms with Gasteiger partial charge in [-0.2, -0.15) is 0 Å². The Morgan fingerprint density at radius 2 is 1.84 bits per heavy atom. The minimum absolute atomic E-state index is 0.148. The summed E-state index contributed by atoms with van der Waals surface area (Å²) in [6.07, 6.45) is 0.783. The monoisotopic (exact) mass is 275 g/mol. The summed E-state index contributed by atoms with van der Waals surface area (Å²) in [6, 6.07) is 0.856. The maximum Gasteiger partial charge on any atom is 0.254 e. The number of amides is 1. The van der Waals surface area contributed by atoms with Crippen molar-refractivity contribution >= 4 is 5.91 Å². The number of hydrogen-bond acceptors (Lipinski definition) is 2. The van der Waals surface area contributed by atoms with Crippen LogP contribution in [0.5, 0.6) is 0 Å². The predicted octanol–water partition coefficient (Wildman–Crippen LogP) is 2.38. The Hall–Kier alpha value is -1.56. The van der Waals surface area contributed by atoms with Crippen molar-refractivity contribution in [2.75, 3.05) is 6.61 Å². The number of hydrogen-bond donors (Lipinski definition) is 2. The molecule has 6 heteroatoms. The lowest BCUT2D eigenvalue weighted by Crippen LogP contribution is -2.46. The van der Waals surface area contributed by atoms with Crippen LogP contribution in [-0.4, -0.2) is 23.2 Å². The van der Waals surface area contributed by atoms with Crippen LogP contribution in [-0.2, 0) is 0 Å². The van der Waals surface area contributed by atoms with Crippen LogP contribution in [0.1, 0.15) is 37.0 Å². The average Bonchev–Trinajstić information content (AvgIpc) is 2.33. The summed E-state index contributed by atoms with van der Waals surface area (Å²) < 4.78 is 39.2. The number of aliphatic hydroxyl groups excluding tert-OH is 1. The predicted molar refractivity (Wildman–Crippen MR) is 64.2 cm³/mol. The van der Waals surface area contributed by atoms with E-state index in [1.54, 1.807) is 13.8 Å². The first-order valence-corrected chi connectivity index (χ1v) is 5.91. The lowest BCUT2D eigenvalue weighted by atomic mass is 9.94. The van der Waals surface area contributed by atoms with Gasteiger partial charge >= 0.3 is 0 Å². The maximum atomic E-state index is 13.4. The molecule has 3 nitrogen and oxygen atoms in total. The summed E-state index contributed by atoms with van der Waals surface area (Å²) >= 11 is 0. The molecule has 1 aromatic rings. The number of rotatable bonds is 5. The van der Waals surface area contributed by atoms with E-state index in [1.807, 2.05) is 0 Å². The molecular weight excluding hydrogens is 259 g/mol. The van der Waals surface area contributed by atoms with E-state index in [1.165, 1.54) is 0 Å². The molecule has 0 spiro atoms. The summed E-state index contributed by atoms with van der Waals surface area (Å²) in [6.45, 7) is 3.32. The van der Waals surface area contributed by atoms with E-state index in [-0.39, 0.29) is 13.0 Å². The molecule has 0 aliphatic rings. The van der Waals surface area contributed by atoms with Crippen LogP contribution in [0.2, 0.25) is 0 Å². The van der Waals surface area contributed by atoms with Gasteiger partial charge in [0.2, 0.25) is 0 Å². The molecule has 106 valence electrons. The Morgan fingerprint density at radius 1 is 1.26 bits per heavy atom. The van der Waals surface area contributed by atoms with Crippen molar-refractivity contribution in [1.82, 2.24) is 5.32 Å². The molecule has 1 rings (SSSR count). The average molecular weight is 275 g/mol. The van der Waals surface area contributed by atoms with E-state index in [0.717, 1.165) is 0 Å². The summed E-state index contributed by atoms with van der Waals surface area (Å²) in [5.74, 6) is -4.59. The van der Waals surface area contributed by atoms with Crippen LogP contribution < -0.4 is 5.32 Å². The highest BCUT2D eigenvalue weighted by Crippen LogP contribution is 2.18. The van der Waals surface area contributed by atoms with Gasteiger partial charge in [-0.05, 0) is 25.8 Å². The highest BCUT2D eigenvalue weighted by atomic mass is 19.2. The zero-order valence-corrected chi connectivity index (χ0v) is 10.8. The second-order valence-electron chi connectivity index (χ2n) is 4.59. The smallest absolute Gasteiger partial charge is 0.254 e. The minimum Gasteiger partial charge on any atom is -0.396 e. The molecule has 1 aromatic carbocycles. The topological polar surface area (TPSA) is 49.3 Å². The van der Waals surface area contributed by atoms with Gasteiger partial charge in [-0.3, -0.25) is 4.79 Å². The molecule has 0 fully saturated rings. The van der Waals surface area contributed by atoms with Crippen LogP contribution in [0.3, 0.4) is 0 Å². The molecule has 0 aliphatic carbocycles. The zero-order chi connectivity index (χ0) is 14.6. The second kappa shape index (κ2) is 6.06. The highest BCUT2D eigenvalue weighted by molar-refractivity contribution is 5.95. The summed E-state index contributed by atoms with van der Waals surface area (Å²) in [4.78, 5) is 11.9. The van der Waals surface area contributed by atoms with Crippen molar-refractivity contribution in [2.24, 2.45) is 0 Å². The van der Waals surface area contributed by atoms with Crippen molar-refractivity contribution in [3.05, 3.63) is 35.1 Å². The largest absolute Gasteiger partial charge is 0.396 e. The van der Waals surface area contributed by atoms with Gasteiger partial charge in [0.1, 0.15) is 5.82 Å². The Bertz CT molecular complexity index is 479. The van der Waals surface area contributed by atoms with Crippen LogP contribution in [0, 0.1) is 17.5 Å². The quantitative estimate of drug-likeness (QED) is 0.811. The molecule has 1 unspecified atom stereocenters. The summed E-state index contributed by atoms with van der Waals surface area (Å²) in [5.41, 5.74) is -1.29. The molecule has 0 bridgehead atoms. The number of aliphatic hydroxyl groups is 1. The van der Waals surface area contributed by atoms with E-state index >= 15 is 0 Å². The van der Waals surface area contributed by atoms with E-state index in [0.29, 0.717) is 18.6 Å². The van der Waals surface area contributed by atoms with Gasteiger partial charge < -0.3 is 10.4 Å². The van der Waals surface area contributed by atoms with Gasteiger partial charge in [0.25, 0.3) is 5.91 Å². The first-order valence-electron chi connectivity index (χ1n) is 5.91. The van der Waals surface area contributed by atoms with Crippen LogP contribution in [0.25, 0.3) is 0 Å². The highest BCUT2D eigenvalue weighted by Gasteiger charge is 2.26. The Labute approximate surface area is 109 Å². The molecule has 0 heterocycles.